The van der Waals surface area contributed by atoms with E-state index in [0.717, 1.165) is 18.9 Å². The number of sulfonamides is 2. The van der Waals surface area contributed by atoms with Crippen molar-refractivity contribution in [1.82, 2.24) is 5.32 Å². The Morgan fingerprint density at radius 3 is 1.93 bits per heavy atom. The van der Waals surface area contributed by atoms with Gasteiger partial charge in [0, 0.05) is 0 Å². The molecule has 0 aromatic carbocycles. The van der Waals surface area contributed by atoms with Gasteiger partial charge in [-0.2, -0.15) is 16.8 Å². The van der Waals surface area contributed by atoms with Gasteiger partial charge in [-0.05, 0) is 9.81 Å². The minimum Gasteiger partial charge on any atom is -0.276 e. The third-order valence-corrected chi connectivity index (χ3v) is 5.01. The molecule has 1 N–H and O–H groups in total. The molecule has 0 aromatic heterocycles. The molecular weight excluding hydrogens is 228 g/mol. The van der Waals surface area contributed by atoms with Gasteiger partial charge < -0.3 is 0 Å². The van der Waals surface area contributed by atoms with E-state index in [-0.39, 0.29) is 5.84 Å². The summed E-state index contributed by atoms with van der Waals surface area (Å²) in [4.78, 5) is 0. The van der Waals surface area contributed by atoms with Gasteiger partial charge in [-0.1, -0.05) is 0 Å². The second-order valence-corrected chi connectivity index (χ2v) is 7.09. The van der Waals surface area contributed by atoms with Crippen LogP contribution in [0.1, 0.15) is 12.8 Å². The van der Waals surface area contributed by atoms with Gasteiger partial charge in [0.1, 0.15) is 0 Å². The van der Waals surface area contributed by atoms with Crippen LogP contribution in [0, 0.1) is 0 Å². The highest BCUT2D eigenvalue weighted by Crippen LogP contribution is 2.05. The van der Waals surface area contributed by atoms with E-state index >= 15 is 0 Å². The summed E-state index contributed by atoms with van der Waals surface area (Å²) in [6.07, 6.45) is 2.94. The Hall–Kier alpha value is -0.630. The largest absolute Gasteiger partial charge is 0.312 e. The summed E-state index contributed by atoms with van der Waals surface area (Å²) in [7, 11) is -7.52. The monoisotopic (exact) mass is 241 g/mol. The van der Waals surface area contributed by atoms with Crippen LogP contribution in [-0.4, -0.2) is 45.1 Å². The number of hydrogen-bond acceptors (Lipinski definition) is 4. The Kier molecular flexibility index (Phi) is 2.86. The summed E-state index contributed by atoms with van der Waals surface area (Å²) in [6.45, 7) is 0.608. The van der Waals surface area contributed by atoms with Gasteiger partial charge in [-0.25, -0.2) is 0 Å². The standard InChI is InChI=1S/C6H12N2O4S2/c1-13(9,10)8(14(2,11)12)6-4-3-5-7-6/h3-5H2,1-2H3/p+1. The molecule has 0 atom stereocenters. The summed E-state index contributed by atoms with van der Waals surface area (Å²) < 4.78 is 45.5. The third kappa shape index (κ3) is 2.44. The van der Waals surface area contributed by atoms with Gasteiger partial charge in [-0.15, -0.1) is 0 Å². The van der Waals surface area contributed by atoms with Crippen molar-refractivity contribution in [2.75, 3.05) is 19.1 Å². The SMILES string of the molecule is CS(=O)(=O)[N+](=C1CCCN1)S(C)(=O)=O. The Morgan fingerprint density at radius 1 is 1.14 bits per heavy atom. The minimum atomic E-state index is -3.76. The normalized spacial score (nSPS) is 18.0. The lowest BCUT2D eigenvalue weighted by molar-refractivity contribution is -0.179. The number of nitrogens with one attached hydrogen (secondary N) is 1. The van der Waals surface area contributed by atoms with Crippen LogP contribution in [0.15, 0.2) is 0 Å². The number of rotatable bonds is 2. The van der Waals surface area contributed by atoms with E-state index in [0.29, 0.717) is 16.4 Å². The molecule has 0 bridgehead atoms. The molecule has 14 heavy (non-hydrogen) atoms. The molecule has 8 heteroatoms. The fourth-order valence-corrected chi connectivity index (χ4v) is 4.46. The van der Waals surface area contributed by atoms with E-state index in [1.54, 1.807) is 0 Å². The summed E-state index contributed by atoms with van der Waals surface area (Å²) in [5, 5.41) is 2.75. The molecule has 0 unspecified atom stereocenters. The molecule has 6 nitrogen and oxygen atoms in total. The van der Waals surface area contributed by atoms with Crippen molar-refractivity contribution >= 4 is 25.9 Å². The zero-order chi connectivity index (χ0) is 11.0. The van der Waals surface area contributed by atoms with Crippen molar-refractivity contribution in [3.63, 3.8) is 0 Å². The Bertz CT molecular complexity index is 418. The second-order valence-electron chi connectivity index (χ2n) is 3.20. The van der Waals surface area contributed by atoms with Crippen LogP contribution >= 0.6 is 0 Å². The predicted molar refractivity (Wildman–Crippen MR) is 52.2 cm³/mol. The van der Waals surface area contributed by atoms with Crippen LogP contribution < -0.4 is 5.32 Å². The maximum Gasteiger partial charge on any atom is 0.312 e. The first-order valence-corrected chi connectivity index (χ1v) is 7.73. The molecule has 0 saturated carbocycles. The molecule has 0 amide bonds. The highest BCUT2D eigenvalue weighted by molar-refractivity contribution is 7.96. The molecule has 0 radical (unpaired) electrons. The van der Waals surface area contributed by atoms with Gasteiger partial charge in [0.05, 0.1) is 25.5 Å². The average molecular weight is 241 g/mol. The summed E-state index contributed by atoms with van der Waals surface area (Å²) in [5.41, 5.74) is 0. The first kappa shape index (κ1) is 11.4. The zero-order valence-electron chi connectivity index (χ0n) is 8.02. The van der Waals surface area contributed by atoms with Crippen LogP contribution in [-0.2, 0) is 20.0 Å². The number of amidine groups is 1. The van der Waals surface area contributed by atoms with Crippen LogP contribution in [0.25, 0.3) is 0 Å². The zero-order valence-corrected chi connectivity index (χ0v) is 9.65. The van der Waals surface area contributed by atoms with Gasteiger partial charge in [0.15, 0.2) is 0 Å². The Balaban J connectivity index is 3.41. The van der Waals surface area contributed by atoms with Gasteiger partial charge >= 0.3 is 20.0 Å². The van der Waals surface area contributed by atoms with Gasteiger partial charge in [0.2, 0.25) is 0 Å². The maximum atomic E-state index is 11.3. The number of nitrogens with zero attached hydrogens (tertiary/aromatic N) is 1. The van der Waals surface area contributed by atoms with Crippen molar-refractivity contribution < 1.29 is 20.2 Å². The molecule has 1 saturated heterocycles. The van der Waals surface area contributed by atoms with Crippen LogP contribution in [0.4, 0.5) is 0 Å². The topological polar surface area (TPSA) is 83.3 Å². The lowest BCUT2D eigenvalue weighted by atomic mass is 10.4. The summed E-state index contributed by atoms with van der Waals surface area (Å²) >= 11 is 0. The van der Waals surface area contributed by atoms with E-state index in [9.17, 15) is 16.8 Å². The number of hydrogen-bond donors (Lipinski definition) is 1. The molecule has 0 aromatic rings. The molecule has 1 heterocycles. The Labute approximate surface area is 83.7 Å². The van der Waals surface area contributed by atoms with E-state index in [4.69, 9.17) is 0 Å². The lowest BCUT2D eigenvalue weighted by Crippen LogP contribution is -2.36. The van der Waals surface area contributed by atoms with Crippen LogP contribution in [0.2, 0.25) is 0 Å². The highest BCUT2D eigenvalue weighted by atomic mass is 32.3. The molecule has 1 aliphatic rings. The third-order valence-electron chi connectivity index (χ3n) is 1.74. The average Bonchev–Trinajstić information content (AvgIpc) is 2.31. The quantitative estimate of drug-likeness (QED) is 0.608. The molecule has 82 valence electrons. The van der Waals surface area contributed by atoms with E-state index < -0.39 is 20.0 Å². The molecule has 0 spiro atoms. The first-order chi connectivity index (χ1) is 6.23. The molecule has 1 rings (SSSR count). The van der Waals surface area contributed by atoms with E-state index in [2.05, 4.69) is 5.32 Å². The van der Waals surface area contributed by atoms with Gasteiger partial charge in [0.25, 0.3) is 5.84 Å². The Morgan fingerprint density at radius 2 is 1.64 bits per heavy atom. The van der Waals surface area contributed by atoms with Crippen molar-refractivity contribution in [2.24, 2.45) is 0 Å². The smallest absolute Gasteiger partial charge is 0.276 e. The minimum absolute atomic E-state index is 0.245. The molecule has 1 aliphatic heterocycles. The first-order valence-electron chi connectivity index (χ1n) is 4.03. The van der Waals surface area contributed by atoms with Crippen molar-refractivity contribution in [1.29, 1.82) is 0 Å². The predicted octanol–water partition coefficient (Wildman–Crippen LogP) is -1.30. The van der Waals surface area contributed by atoms with Crippen molar-refractivity contribution in [2.45, 2.75) is 12.8 Å². The fourth-order valence-electron chi connectivity index (χ4n) is 1.38. The van der Waals surface area contributed by atoms with E-state index in [1.165, 1.54) is 0 Å². The lowest BCUT2D eigenvalue weighted by Gasteiger charge is -2.03. The second kappa shape index (κ2) is 3.50. The molecule has 0 aliphatic carbocycles. The van der Waals surface area contributed by atoms with Crippen molar-refractivity contribution in [3.05, 3.63) is 0 Å². The van der Waals surface area contributed by atoms with Crippen molar-refractivity contribution in [3.8, 4) is 0 Å². The van der Waals surface area contributed by atoms with Crippen LogP contribution in [0.3, 0.4) is 0 Å². The summed E-state index contributed by atoms with van der Waals surface area (Å²) in [5.74, 6) is 0.245. The van der Waals surface area contributed by atoms with Gasteiger partial charge in [-0.3, -0.25) is 5.32 Å². The highest BCUT2D eigenvalue weighted by Gasteiger charge is 2.32. The molecular formula is C6H13N2O4S2+. The molecule has 1 fully saturated rings. The van der Waals surface area contributed by atoms with Crippen LogP contribution in [0.5, 0.6) is 0 Å². The summed E-state index contributed by atoms with van der Waals surface area (Å²) in [6, 6.07) is 0. The maximum absolute atomic E-state index is 11.3. The van der Waals surface area contributed by atoms with E-state index in [1.807, 2.05) is 0 Å². The fraction of sp³-hybridized carbons (Fsp3) is 0.833.